The van der Waals surface area contributed by atoms with Crippen LogP contribution in [0.15, 0.2) is 39.3 Å². The number of oxazole rings is 1. The molecule has 0 N–H and O–H groups in total. The number of pyridine rings is 1. The number of carbonyl (C=O) groups is 1. The first-order valence-electron chi connectivity index (χ1n) is 4.30. The molecule has 0 bridgehead atoms. The first kappa shape index (κ1) is 9.92. The van der Waals surface area contributed by atoms with Gasteiger partial charge in [0.05, 0.1) is 5.69 Å². The van der Waals surface area contributed by atoms with Crippen LogP contribution in [0.4, 0.5) is 0 Å². The maximum atomic E-state index is 10.7. The van der Waals surface area contributed by atoms with Crippen LogP contribution in [0.1, 0.15) is 16.1 Å². The van der Waals surface area contributed by atoms with Gasteiger partial charge in [0.1, 0.15) is 11.3 Å². The minimum Gasteiger partial charge on any atom is -0.439 e. The lowest BCUT2D eigenvalue weighted by molar-refractivity contribution is 0.112. The third-order valence-corrected chi connectivity index (χ3v) is 2.61. The van der Waals surface area contributed by atoms with Crippen LogP contribution in [0.3, 0.4) is 0 Å². The summed E-state index contributed by atoms with van der Waals surface area (Å²) in [5, 5.41) is 1.10. The zero-order chi connectivity index (χ0) is 10.7. The summed E-state index contributed by atoms with van der Waals surface area (Å²) in [6.45, 7) is 1.84. The van der Waals surface area contributed by atoms with Crippen molar-refractivity contribution in [1.29, 1.82) is 0 Å². The second-order valence-electron chi connectivity index (χ2n) is 2.87. The first-order valence-corrected chi connectivity index (χ1v) is 5.11. The number of rotatable bonds is 3. The fraction of sp³-hybridized carbons (Fsp3) is 0.100. The Kier molecular flexibility index (Phi) is 2.82. The standard InChI is InChI=1S/C10H8N2O2S/c1-7-6-14-10(12-7)15-9-8(5-13)3-2-4-11-9/h2-6H,1H3. The molecule has 4 nitrogen and oxygen atoms in total. The molecular formula is C10H8N2O2S. The zero-order valence-electron chi connectivity index (χ0n) is 8.01. The minimum absolute atomic E-state index is 0.495. The highest BCUT2D eigenvalue weighted by Crippen LogP contribution is 2.26. The predicted octanol–water partition coefficient (Wildman–Crippen LogP) is 2.34. The highest BCUT2D eigenvalue weighted by Gasteiger charge is 2.08. The normalized spacial score (nSPS) is 10.2. The summed E-state index contributed by atoms with van der Waals surface area (Å²) in [5.41, 5.74) is 1.35. The average molecular weight is 220 g/mol. The van der Waals surface area contributed by atoms with Crippen molar-refractivity contribution in [1.82, 2.24) is 9.97 Å². The molecule has 5 heteroatoms. The van der Waals surface area contributed by atoms with Crippen molar-refractivity contribution in [3.8, 4) is 0 Å². The smallest absolute Gasteiger partial charge is 0.262 e. The van der Waals surface area contributed by atoms with Crippen molar-refractivity contribution < 1.29 is 9.21 Å². The number of hydrogen-bond acceptors (Lipinski definition) is 5. The Labute approximate surface area is 90.7 Å². The SMILES string of the molecule is Cc1coc(Sc2ncccc2C=O)n1. The minimum atomic E-state index is 0.495. The van der Waals surface area contributed by atoms with Gasteiger partial charge in [-0.1, -0.05) is 0 Å². The van der Waals surface area contributed by atoms with E-state index < -0.39 is 0 Å². The van der Waals surface area contributed by atoms with Gasteiger partial charge in [-0.05, 0) is 30.8 Å². The molecule has 0 unspecified atom stereocenters. The van der Waals surface area contributed by atoms with Crippen molar-refractivity contribution in [3.63, 3.8) is 0 Å². The molecule has 76 valence electrons. The fourth-order valence-corrected chi connectivity index (χ4v) is 1.84. The van der Waals surface area contributed by atoms with Crippen LogP contribution in [-0.4, -0.2) is 16.3 Å². The summed E-state index contributed by atoms with van der Waals surface area (Å²) in [7, 11) is 0. The Hall–Kier alpha value is -1.62. The third-order valence-electron chi connectivity index (χ3n) is 1.71. The van der Waals surface area contributed by atoms with Crippen molar-refractivity contribution in [3.05, 3.63) is 35.9 Å². The Morgan fingerprint density at radius 1 is 1.53 bits per heavy atom. The van der Waals surface area contributed by atoms with Crippen molar-refractivity contribution in [2.24, 2.45) is 0 Å². The van der Waals surface area contributed by atoms with Gasteiger partial charge < -0.3 is 4.42 Å². The van der Waals surface area contributed by atoms with Gasteiger partial charge in [0.25, 0.3) is 5.22 Å². The lowest BCUT2D eigenvalue weighted by atomic mass is 10.3. The van der Waals surface area contributed by atoms with E-state index in [1.54, 1.807) is 24.6 Å². The topological polar surface area (TPSA) is 56.0 Å². The summed E-state index contributed by atoms with van der Waals surface area (Å²) >= 11 is 1.24. The lowest BCUT2D eigenvalue weighted by Crippen LogP contribution is -1.88. The third kappa shape index (κ3) is 2.24. The van der Waals surface area contributed by atoms with E-state index in [0.29, 0.717) is 15.8 Å². The summed E-state index contributed by atoms with van der Waals surface area (Å²) < 4.78 is 5.16. The molecule has 0 fully saturated rings. The number of aromatic nitrogens is 2. The van der Waals surface area contributed by atoms with Crippen LogP contribution in [0.2, 0.25) is 0 Å². The molecule has 2 aromatic heterocycles. The molecule has 0 aromatic carbocycles. The summed E-state index contributed by atoms with van der Waals surface area (Å²) in [4.78, 5) is 18.9. The molecule has 15 heavy (non-hydrogen) atoms. The van der Waals surface area contributed by atoms with Crippen LogP contribution in [0.5, 0.6) is 0 Å². The van der Waals surface area contributed by atoms with Crippen LogP contribution in [-0.2, 0) is 0 Å². The largest absolute Gasteiger partial charge is 0.439 e. The van der Waals surface area contributed by atoms with E-state index >= 15 is 0 Å². The maximum Gasteiger partial charge on any atom is 0.262 e. The maximum absolute atomic E-state index is 10.7. The number of aryl methyl sites for hydroxylation is 1. The van der Waals surface area contributed by atoms with E-state index in [2.05, 4.69) is 9.97 Å². The Bertz CT molecular complexity index is 482. The van der Waals surface area contributed by atoms with Crippen LogP contribution in [0.25, 0.3) is 0 Å². The monoisotopic (exact) mass is 220 g/mol. The highest BCUT2D eigenvalue weighted by molar-refractivity contribution is 7.99. The summed E-state index contributed by atoms with van der Waals surface area (Å²) in [5.74, 6) is 0. The molecule has 0 aliphatic rings. The van der Waals surface area contributed by atoms with Gasteiger partial charge >= 0.3 is 0 Å². The number of nitrogens with zero attached hydrogens (tertiary/aromatic N) is 2. The predicted molar refractivity (Wildman–Crippen MR) is 55.0 cm³/mol. The number of carbonyl (C=O) groups excluding carboxylic acids is 1. The van der Waals surface area contributed by atoms with E-state index in [1.165, 1.54) is 11.8 Å². The molecular weight excluding hydrogens is 212 g/mol. The van der Waals surface area contributed by atoms with Gasteiger partial charge in [-0.25, -0.2) is 9.97 Å². The average Bonchev–Trinajstić information content (AvgIpc) is 2.65. The van der Waals surface area contributed by atoms with Gasteiger partial charge in [0.15, 0.2) is 6.29 Å². The fourth-order valence-electron chi connectivity index (χ4n) is 1.04. The van der Waals surface area contributed by atoms with Crippen molar-refractivity contribution >= 4 is 18.0 Å². The molecule has 0 radical (unpaired) electrons. The van der Waals surface area contributed by atoms with Crippen molar-refractivity contribution in [2.75, 3.05) is 0 Å². The Morgan fingerprint density at radius 3 is 3.07 bits per heavy atom. The zero-order valence-corrected chi connectivity index (χ0v) is 8.82. The molecule has 2 aromatic rings. The Morgan fingerprint density at radius 2 is 2.40 bits per heavy atom. The van der Waals surface area contributed by atoms with E-state index in [9.17, 15) is 4.79 Å². The van der Waals surface area contributed by atoms with E-state index in [0.717, 1.165) is 12.0 Å². The lowest BCUT2D eigenvalue weighted by Gasteiger charge is -1.98. The molecule has 0 saturated carbocycles. The molecule has 0 aliphatic carbocycles. The number of aldehydes is 1. The van der Waals surface area contributed by atoms with E-state index in [1.807, 2.05) is 6.92 Å². The van der Waals surface area contributed by atoms with Crippen LogP contribution >= 0.6 is 11.8 Å². The molecule has 0 atom stereocenters. The second kappa shape index (κ2) is 4.27. The molecule has 0 spiro atoms. The highest BCUT2D eigenvalue weighted by atomic mass is 32.2. The van der Waals surface area contributed by atoms with Crippen molar-refractivity contribution in [2.45, 2.75) is 17.2 Å². The quantitative estimate of drug-likeness (QED) is 0.743. The molecule has 2 heterocycles. The van der Waals surface area contributed by atoms with Gasteiger partial charge in [-0.3, -0.25) is 4.79 Å². The number of hydrogen-bond donors (Lipinski definition) is 0. The van der Waals surface area contributed by atoms with Crippen LogP contribution in [0, 0.1) is 6.92 Å². The van der Waals surface area contributed by atoms with E-state index in [4.69, 9.17) is 4.42 Å². The van der Waals surface area contributed by atoms with Crippen LogP contribution < -0.4 is 0 Å². The summed E-state index contributed by atoms with van der Waals surface area (Å²) in [6, 6.07) is 3.42. The van der Waals surface area contributed by atoms with Gasteiger partial charge in [0.2, 0.25) is 0 Å². The van der Waals surface area contributed by atoms with Gasteiger partial charge in [-0.15, -0.1) is 0 Å². The first-order chi connectivity index (χ1) is 7.29. The second-order valence-corrected chi connectivity index (χ2v) is 3.81. The van der Waals surface area contributed by atoms with Gasteiger partial charge in [0, 0.05) is 11.8 Å². The molecule has 0 amide bonds. The molecule has 2 rings (SSSR count). The van der Waals surface area contributed by atoms with Gasteiger partial charge in [-0.2, -0.15) is 0 Å². The molecule has 0 saturated heterocycles. The van der Waals surface area contributed by atoms with E-state index in [-0.39, 0.29) is 0 Å². The molecule has 0 aliphatic heterocycles. The summed E-state index contributed by atoms with van der Waals surface area (Å²) in [6.07, 6.45) is 3.96. The Balaban J connectivity index is 2.27.